The van der Waals surface area contributed by atoms with Crippen LogP contribution >= 0.6 is 0 Å². The minimum Gasteiger partial charge on any atom is -0.497 e. The molecule has 0 aliphatic carbocycles. The number of methoxy groups -OCH3 is 2. The maximum Gasteiger partial charge on any atom is 0.258 e. The number of carbonyl (C=O) groups is 1. The van der Waals surface area contributed by atoms with E-state index in [9.17, 15) is 4.79 Å². The Bertz CT molecular complexity index is 973. The molecule has 0 aliphatic rings. The topological polar surface area (TPSA) is 88.6 Å². The molecular formula is C21H23N5O3. The Morgan fingerprint density at radius 1 is 0.966 bits per heavy atom. The maximum absolute atomic E-state index is 12.5. The molecule has 0 aliphatic heterocycles. The average molecular weight is 393 g/mol. The number of carbonyl (C=O) groups excluding carboxylic acids is 1. The second kappa shape index (κ2) is 8.92. The van der Waals surface area contributed by atoms with E-state index in [-0.39, 0.29) is 5.91 Å². The van der Waals surface area contributed by atoms with E-state index >= 15 is 0 Å². The van der Waals surface area contributed by atoms with Gasteiger partial charge >= 0.3 is 0 Å². The number of ether oxygens (including phenoxy) is 2. The highest BCUT2D eigenvalue weighted by Gasteiger charge is 2.12. The van der Waals surface area contributed by atoms with E-state index in [1.807, 2.05) is 43.3 Å². The first-order chi connectivity index (χ1) is 14.0. The summed E-state index contributed by atoms with van der Waals surface area (Å²) in [6.07, 6.45) is 2.93. The lowest BCUT2D eigenvalue weighted by atomic mass is 10.2. The zero-order chi connectivity index (χ0) is 20.8. The summed E-state index contributed by atoms with van der Waals surface area (Å²) in [7, 11) is 7.06. The molecule has 0 spiro atoms. The van der Waals surface area contributed by atoms with Crippen LogP contribution in [0, 0.1) is 0 Å². The number of hydrogen-bond donors (Lipinski definition) is 2. The highest BCUT2D eigenvalue weighted by Crippen LogP contribution is 2.29. The summed E-state index contributed by atoms with van der Waals surface area (Å²) in [6.45, 7) is 0. The SMILES string of the molecule is COc1ccc(NC(=O)c2cnc(Nc3ccc(N(C)C)cc3)nc2)c(OC)c1. The van der Waals surface area contributed by atoms with Crippen molar-refractivity contribution in [3.63, 3.8) is 0 Å². The second-order valence-electron chi connectivity index (χ2n) is 6.38. The van der Waals surface area contributed by atoms with Crippen molar-refractivity contribution >= 4 is 28.9 Å². The maximum atomic E-state index is 12.5. The summed E-state index contributed by atoms with van der Waals surface area (Å²) >= 11 is 0. The number of amides is 1. The summed E-state index contributed by atoms with van der Waals surface area (Å²) in [4.78, 5) is 23.0. The molecule has 1 heterocycles. The van der Waals surface area contributed by atoms with Gasteiger partial charge in [0.1, 0.15) is 11.5 Å². The first-order valence-corrected chi connectivity index (χ1v) is 8.90. The lowest BCUT2D eigenvalue weighted by Gasteiger charge is -2.13. The van der Waals surface area contributed by atoms with Gasteiger partial charge in [0.25, 0.3) is 5.91 Å². The molecule has 0 fully saturated rings. The molecule has 29 heavy (non-hydrogen) atoms. The van der Waals surface area contributed by atoms with Crippen molar-refractivity contribution in [1.82, 2.24) is 9.97 Å². The minimum absolute atomic E-state index is 0.330. The third-order valence-electron chi connectivity index (χ3n) is 4.21. The Labute approximate surface area is 169 Å². The van der Waals surface area contributed by atoms with Crippen molar-refractivity contribution in [2.45, 2.75) is 0 Å². The summed E-state index contributed by atoms with van der Waals surface area (Å²) in [5, 5.41) is 5.90. The number of rotatable bonds is 7. The second-order valence-corrected chi connectivity index (χ2v) is 6.38. The van der Waals surface area contributed by atoms with Crippen LogP contribution in [0.5, 0.6) is 11.5 Å². The van der Waals surface area contributed by atoms with Crippen molar-refractivity contribution < 1.29 is 14.3 Å². The number of nitrogens with zero attached hydrogens (tertiary/aromatic N) is 3. The monoisotopic (exact) mass is 393 g/mol. The molecule has 0 radical (unpaired) electrons. The molecule has 0 bridgehead atoms. The number of nitrogens with one attached hydrogen (secondary N) is 2. The van der Waals surface area contributed by atoms with Crippen LogP contribution in [0.25, 0.3) is 0 Å². The number of anilines is 4. The molecule has 3 rings (SSSR count). The Balaban J connectivity index is 1.67. The van der Waals surface area contributed by atoms with Gasteiger partial charge in [0.15, 0.2) is 0 Å². The Morgan fingerprint density at radius 2 is 1.66 bits per heavy atom. The van der Waals surface area contributed by atoms with Gasteiger partial charge in [0.05, 0.1) is 25.5 Å². The van der Waals surface area contributed by atoms with Crippen LogP contribution in [-0.2, 0) is 0 Å². The van der Waals surface area contributed by atoms with Crippen molar-refractivity contribution in [2.75, 3.05) is 43.8 Å². The number of hydrogen-bond acceptors (Lipinski definition) is 7. The number of aromatic nitrogens is 2. The van der Waals surface area contributed by atoms with Gasteiger partial charge in [-0.1, -0.05) is 0 Å². The van der Waals surface area contributed by atoms with Gasteiger partial charge < -0.3 is 25.0 Å². The highest BCUT2D eigenvalue weighted by atomic mass is 16.5. The first-order valence-electron chi connectivity index (χ1n) is 8.90. The zero-order valence-electron chi connectivity index (χ0n) is 16.8. The van der Waals surface area contributed by atoms with E-state index in [0.29, 0.717) is 28.7 Å². The predicted molar refractivity (Wildman–Crippen MR) is 114 cm³/mol. The van der Waals surface area contributed by atoms with Gasteiger partial charge in [-0.15, -0.1) is 0 Å². The average Bonchev–Trinajstić information content (AvgIpc) is 2.74. The predicted octanol–water partition coefficient (Wildman–Crippen LogP) is 3.56. The molecule has 2 N–H and O–H groups in total. The minimum atomic E-state index is -0.338. The molecule has 0 atom stereocenters. The van der Waals surface area contributed by atoms with Crippen molar-refractivity contribution in [1.29, 1.82) is 0 Å². The molecule has 1 amide bonds. The molecule has 8 heteroatoms. The molecular weight excluding hydrogens is 370 g/mol. The van der Waals surface area contributed by atoms with Crippen LogP contribution < -0.4 is 25.0 Å². The van der Waals surface area contributed by atoms with E-state index in [2.05, 4.69) is 20.6 Å². The highest BCUT2D eigenvalue weighted by molar-refractivity contribution is 6.04. The van der Waals surface area contributed by atoms with Crippen molar-refractivity contribution in [3.05, 3.63) is 60.4 Å². The summed E-state index contributed by atoms with van der Waals surface area (Å²) < 4.78 is 10.5. The van der Waals surface area contributed by atoms with Gasteiger partial charge in [0, 0.05) is 43.9 Å². The normalized spacial score (nSPS) is 10.2. The van der Waals surface area contributed by atoms with E-state index in [4.69, 9.17) is 9.47 Å². The molecule has 2 aromatic carbocycles. The lowest BCUT2D eigenvalue weighted by molar-refractivity contribution is 0.102. The van der Waals surface area contributed by atoms with Gasteiger partial charge in [-0.3, -0.25) is 4.79 Å². The van der Waals surface area contributed by atoms with Crippen LogP contribution in [0.4, 0.5) is 23.0 Å². The van der Waals surface area contributed by atoms with Gasteiger partial charge in [-0.05, 0) is 36.4 Å². The van der Waals surface area contributed by atoms with E-state index in [1.165, 1.54) is 19.5 Å². The standard InChI is InChI=1S/C21H23N5O3/c1-26(2)16-7-5-15(6-8-16)24-21-22-12-14(13-23-21)20(27)25-18-10-9-17(28-3)11-19(18)29-4/h5-13H,1-4H3,(H,25,27)(H,22,23,24). The third kappa shape index (κ3) is 4.92. The first kappa shape index (κ1) is 19.9. The van der Waals surface area contributed by atoms with Gasteiger partial charge in [-0.2, -0.15) is 0 Å². The van der Waals surface area contributed by atoms with E-state index in [0.717, 1.165) is 11.4 Å². The van der Waals surface area contributed by atoms with Crippen LogP contribution in [0.15, 0.2) is 54.9 Å². The van der Waals surface area contributed by atoms with Crippen LogP contribution in [0.1, 0.15) is 10.4 Å². The molecule has 0 saturated carbocycles. The summed E-state index contributed by atoms with van der Waals surface area (Å²) in [6, 6.07) is 13.0. The van der Waals surface area contributed by atoms with Crippen LogP contribution in [-0.4, -0.2) is 44.2 Å². The lowest BCUT2D eigenvalue weighted by Crippen LogP contribution is -2.14. The molecule has 1 aromatic heterocycles. The summed E-state index contributed by atoms with van der Waals surface area (Å²) in [5.74, 6) is 1.20. The third-order valence-corrected chi connectivity index (χ3v) is 4.21. The van der Waals surface area contributed by atoms with Crippen molar-refractivity contribution in [3.8, 4) is 11.5 Å². The van der Waals surface area contributed by atoms with Gasteiger partial charge in [-0.25, -0.2) is 9.97 Å². The van der Waals surface area contributed by atoms with Crippen molar-refractivity contribution in [2.24, 2.45) is 0 Å². The fourth-order valence-corrected chi connectivity index (χ4v) is 2.58. The molecule has 8 nitrogen and oxygen atoms in total. The quantitative estimate of drug-likeness (QED) is 0.634. The smallest absolute Gasteiger partial charge is 0.258 e. The fraction of sp³-hybridized carbons (Fsp3) is 0.190. The van der Waals surface area contributed by atoms with E-state index < -0.39 is 0 Å². The van der Waals surface area contributed by atoms with E-state index in [1.54, 1.807) is 25.3 Å². The zero-order valence-corrected chi connectivity index (χ0v) is 16.8. The summed E-state index contributed by atoms with van der Waals surface area (Å²) in [5.41, 5.74) is 2.81. The molecule has 150 valence electrons. The van der Waals surface area contributed by atoms with Gasteiger partial charge in [0.2, 0.25) is 5.95 Å². The molecule has 0 unspecified atom stereocenters. The molecule has 0 saturated heterocycles. The largest absolute Gasteiger partial charge is 0.497 e. The Hall–Kier alpha value is -3.81. The Morgan fingerprint density at radius 3 is 2.24 bits per heavy atom. The van der Waals surface area contributed by atoms with Crippen LogP contribution in [0.3, 0.4) is 0 Å². The Kier molecular flexibility index (Phi) is 6.13. The van der Waals surface area contributed by atoms with Crippen LogP contribution in [0.2, 0.25) is 0 Å². The number of benzene rings is 2. The fourth-order valence-electron chi connectivity index (χ4n) is 2.58. The molecule has 3 aromatic rings.